The fourth-order valence-electron chi connectivity index (χ4n) is 3.67. The Balaban J connectivity index is 1.75. The summed E-state index contributed by atoms with van der Waals surface area (Å²) in [7, 11) is 1.52. The quantitative estimate of drug-likeness (QED) is 0.353. The minimum absolute atomic E-state index is 0.0444. The van der Waals surface area contributed by atoms with Crippen LogP contribution in [0.2, 0.25) is 0 Å². The van der Waals surface area contributed by atoms with Gasteiger partial charge in [-0.3, -0.25) is 4.79 Å². The number of methoxy groups -OCH3 is 1. The SMILES string of the molecule is COc1ccc(-c2cc(=O)c3c(O)c(C)c(OC4OC(C(=O)O)C(O)C(O)C4O)cc3o2)cc1. The molecule has 0 amide bonds. The molecule has 180 valence electrons. The van der Waals surface area contributed by atoms with E-state index in [1.54, 1.807) is 24.3 Å². The van der Waals surface area contributed by atoms with Crippen LogP contribution >= 0.6 is 0 Å². The van der Waals surface area contributed by atoms with Gasteiger partial charge in [-0.15, -0.1) is 0 Å². The number of benzene rings is 2. The van der Waals surface area contributed by atoms with Crippen molar-refractivity contribution >= 4 is 16.9 Å². The Bertz CT molecular complexity index is 1280. The third-order valence-corrected chi connectivity index (χ3v) is 5.63. The first-order valence-corrected chi connectivity index (χ1v) is 10.2. The number of rotatable bonds is 5. The number of carboxylic acids is 1. The number of aliphatic hydroxyl groups excluding tert-OH is 3. The van der Waals surface area contributed by atoms with Gasteiger partial charge in [0.15, 0.2) is 11.5 Å². The Kier molecular flexibility index (Phi) is 6.19. The van der Waals surface area contributed by atoms with E-state index in [1.165, 1.54) is 26.2 Å². The van der Waals surface area contributed by atoms with Gasteiger partial charge in [-0.1, -0.05) is 0 Å². The van der Waals surface area contributed by atoms with Gasteiger partial charge in [0, 0.05) is 23.3 Å². The topological polar surface area (TPSA) is 176 Å². The predicted molar refractivity (Wildman–Crippen MR) is 116 cm³/mol. The molecule has 4 rings (SSSR count). The zero-order valence-corrected chi connectivity index (χ0v) is 18.0. The smallest absolute Gasteiger partial charge is 0.335 e. The van der Waals surface area contributed by atoms with E-state index in [4.69, 9.17) is 18.6 Å². The summed E-state index contributed by atoms with van der Waals surface area (Å²) in [6.07, 6.45) is -9.12. The molecule has 3 aromatic rings. The molecule has 2 aromatic carbocycles. The van der Waals surface area contributed by atoms with Gasteiger partial charge in [0.1, 0.15) is 52.3 Å². The van der Waals surface area contributed by atoms with E-state index in [0.717, 1.165) is 0 Å². The van der Waals surface area contributed by atoms with Crippen LogP contribution in [0.4, 0.5) is 0 Å². The molecule has 0 radical (unpaired) electrons. The van der Waals surface area contributed by atoms with Crippen molar-refractivity contribution in [2.24, 2.45) is 0 Å². The highest BCUT2D eigenvalue weighted by molar-refractivity contribution is 5.88. The molecule has 5 atom stereocenters. The van der Waals surface area contributed by atoms with Crippen LogP contribution in [0.5, 0.6) is 17.2 Å². The molecule has 1 aliphatic heterocycles. The first-order chi connectivity index (χ1) is 16.1. The minimum Gasteiger partial charge on any atom is -0.507 e. The van der Waals surface area contributed by atoms with Crippen molar-refractivity contribution in [3.05, 3.63) is 52.2 Å². The average molecular weight is 474 g/mol. The second-order valence-corrected chi connectivity index (χ2v) is 7.78. The van der Waals surface area contributed by atoms with Crippen LogP contribution in [0.15, 0.2) is 45.6 Å². The van der Waals surface area contributed by atoms with Gasteiger partial charge < -0.3 is 44.2 Å². The number of phenolic OH excluding ortho intramolecular Hbond substituents is 1. The van der Waals surface area contributed by atoms with Crippen LogP contribution < -0.4 is 14.9 Å². The van der Waals surface area contributed by atoms with Crippen LogP contribution in [0, 0.1) is 6.92 Å². The normalized spacial score (nSPS) is 24.7. The number of carboxylic acid groups (broad SMARTS) is 1. The molecule has 0 spiro atoms. The fraction of sp³-hybridized carbons (Fsp3) is 0.304. The van der Waals surface area contributed by atoms with Crippen LogP contribution in [0.3, 0.4) is 0 Å². The molecule has 11 nitrogen and oxygen atoms in total. The van der Waals surface area contributed by atoms with E-state index in [-0.39, 0.29) is 28.0 Å². The summed E-state index contributed by atoms with van der Waals surface area (Å²) in [4.78, 5) is 24.1. The summed E-state index contributed by atoms with van der Waals surface area (Å²) in [6.45, 7) is 1.43. The van der Waals surface area contributed by atoms with E-state index >= 15 is 0 Å². The third-order valence-electron chi connectivity index (χ3n) is 5.63. The third kappa shape index (κ3) is 4.05. The number of aromatic hydroxyl groups is 1. The van der Waals surface area contributed by atoms with Crippen molar-refractivity contribution in [3.8, 4) is 28.6 Å². The van der Waals surface area contributed by atoms with E-state index in [2.05, 4.69) is 0 Å². The van der Waals surface area contributed by atoms with Gasteiger partial charge >= 0.3 is 5.97 Å². The van der Waals surface area contributed by atoms with Crippen molar-refractivity contribution < 1.29 is 49.0 Å². The Morgan fingerprint density at radius 3 is 2.32 bits per heavy atom. The Labute approximate surface area is 192 Å². The maximum Gasteiger partial charge on any atom is 0.335 e. The van der Waals surface area contributed by atoms with Crippen LogP contribution in [0.1, 0.15) is 5.56 Å². The Morgan fingerprint density at radius 2 is 1.71 bits per heavy atom. The van der Waals surface area contributed by atoms with Crippen molar-refractivity contribution in [3.63, 3.8) is 0 Å². The number of aliphatic carboxylic acids is 1. The van der Waals surface area contributed by atoms with Crippen molar-refractivity contribution in [1.29, 1.82) is 0 Å². The lowest BCUT2D eigenvalue weighted by Gasteiger charge is -2.38. The molecule has 1 fully saturated rings. The average Bonchev–Trinajstić information content (AvgIpc) is 2.81. The molecule has 0 bridgehead atoms. The summed E-state index contributed by atoms with van der Waals surface area (Å²) >= 11 is 0. The molecule has 5 N–H and O–H groups in total. The number of carbonyl (C=O) groups is 1. The molecule has 0 aliphatic carbocycles. The highest BCUT2D eigenvalue weighted by Gasteiger charge is 2.48. The zero-order valence-electron chi connectivity index (χ0n) is 18.0. The van der Waals surface area contributed by atoms with Gasteiger partial charge in [-0.2, -0.15) is 0 Å². The van der Waals surface area contributed by atoms with Crippen LogP contribution in [-0.4, -0.2) is 69.3 Å². The summed E-state index contributed by atoms with van der Waals surface area (Å²) in [5.74, 6) is -1.30. The van der Waals surface area contributed by atoms with E-state index in [9.17, 15) is 35.1 Å². The largest absolute Gasteiger partial charge is 0.507 e. The van der Waals surface area contributed by atoms with Gasteiger partial charge in [0.25, 0.3) is 0 Å². The van der Waals surface area contributed by atoms with Gasteiger partial charge in [0.2, 0.25) is 6.29 Å². The van der Waals surface area contributed by atoms with Crippen molar-refractivity contribution in [1.82, 2.24) is 0 Å². The molecule has 5 unspecified atom stereocenters. The maximum atomic E-state index is 12.7. The van der Waals surface area contributed by atoms with Gasteiger partial charge in [-0.05, 0) is 31.2 Å². The molecule has 2 heterocycles. The van der Waals surface area contributed by atoms with Gasteiger partial charge in [0.05, 0.1) is 7.11 Å². The summed E-state index contributed by atoms with van der Waals surface area (Å²) in [6, 6.07) is 9.23. The highest BCUT2D eigenvalue weighted by Crippen LogP contribution is 2.37. The van der Waals surface area contributed by atoms with E-state index < -0.39 is 47.9 Å². The fourth-order valence-corrected chi connectivity index (χ4v) is 3.67. The lowest BCUT2D eigenvalue weighted by Crippen LogP contribution is -2.61. The predicted octanol–water partition coefficient (Wildman–Crippen LogP) is 0.754. The minimum atomic E-state index is -1.89. The lowest BCUT2D eigenvalue weighted by atomic mass is 9.99. The molecule has 11 heteroatoms. The molecule has 1 aromatic heterocycles. The second-order valence-electron chi connectivity index (χ2n) is 7.78. The van der Waals surface area contributed by atoms with E-state index in [0.29, 0.717) is 11.3 Å². The summed E-state index contributed by atoms with van der Waals surface area (Å²) in [5, 5.41) is 49.8. The lowest BCUT2D eigenvalue weighted by molar-refractivity contribution is -0.271. The number of fused-ring (bicyclic) bond motifs is 1. The zero-order chi connectivity index (χ0) is 24.7. The first kappa shape index (κ1) is 23.5. The molecule has 1 aliphatic rings. The highest BCUT2D eigenvalue weighted by atomic mass is 16.7. The first-order valence-electron chi connectivity index (χ1n) is 10.2. The van der Waals surface area contributed by atoms with Crippen molar-refractivity contribution in [2.75, 3.05) is 7.11 Å². The number of hydrogen-bond donors (Lipinski definition) is 5. The second kappa shape index (κ2) is 8.95. The number of aliphatic hydroxyl groups is 3. The van der Waals surface area contributed by atoms with Crippen LogP contribution in [0.25, 0.3) is 22.3 Å². The standard InChI is InChI=1S/C23H22O11/c1-9-13(33-23-20(28)18(26)19(27)21(34-23)22(29)30)8-15-16(17(9)25)12(24)7-14(32-15)10-3-5-11(31-2)6-4-10/h3-8,18-21,23,25-28H,1-2H3,(H,29,30). The Morgan fingerprint density at radius 1 is 1.03 bits per heavy atom. The van der Waals surface area contributed by atoms with Crippen molar-refractivity contribution in [2.45, 2.75) is 37.6 Å². The molecule has 0 saturated carbocycles. The molecule has 1 saturated heterocycles. The number of ether oxygens (including phenoxy) is 3. The van der Waals surface area contributed by atoms with Gasteiger partial charge in [-0.25, -0.2) is 4.79 Å². The summed E-state index contributed by atoms with van der Waals surface area (Å²) in [5.41, 5.74) is 0.0878. The summed E-state index contributed by atoms with van der Waals surface area (Å²) < 4.78 is 21.6. The monoisotopic (exact) mass is 474 g/mol. The molecule has 34 heavy (non-hydrogen) atoms. The Hall–Kier alpha value is -3.64. The molecular formula is C23H22O11. The number of hydrogen-bond acceptors (Lipinski definition) is 10. The van der Waals surface area contributed by atoms with E-state index in [1.807, 2.05) is 0 Å². The number of phenols is 1. The maximum absolute atomic E-state index is 12.7. The molecular weight excluding hydrogens is 452 g/mol. The van der Waals surface area contributed by atoms with Crippen LogP contribution in [-0.2, 0) is 9.53 Å².